The molecule has 0 radical (unpaired) electrons. The highest BCUT2D eigenvalue weighted by atomic mass is 32.2. The fourth-order valence-corrected chi connectivity index (χ4v) is 3.57. The summed E-state index contributed by atoms with van der Waals surface area (Å²) in [6, 6.07) is 0.300. The van der Waals surface area contributed by atoms with Crippen LogP contribution >= 0.6 is 0 Å². The van der Waals surface area contributed by atoms with Crippen molar-refractivity contribution in [3.8, 4) is 0 Å². The smallest absolute Gasteiger partial charge is 0.211 e. The second-order valence-corrected chi connectivity index (χ2v) is 6.98. The maximum Gasteiger partial charge on any atom is 0.211 e. The highest BCUT2D eigenvalue weighted by Crippen LogP contribution is 2.10. The summed E-state index contributed by atoms with van der Waals surface area (Å²) in [6.45, 7) is 7.11. The Labute approximate surface area is 99.2 Å². The summed E-state index contributed by atoms with van der Waals surface area (Å²) in [5.74, 6) is 0.673. The van der Waals surface area contributed by atoms with E-state index in [9.17, 15) is 8.42 Å². The molecular weight excluding hydrogens is 224 g/mol. The van der Waals surface area contributed by atoms with Crippen molar-refractivity contribution >= 4 is 10.0 Å². The Morgan fingerprint density at radius 2 is 2.12 bits per heavy atom. The molecule has 0 aromatic heterocycles. The quantitative estimate of drug-likeness (QED) is 0.766. The fourth-order valence-electron chi connectivity index (χ4n) is 1.89. The van der Waals surface area contributed by atoms with E-state index in [1.54, 1.807) is 0 Å². The van der Waals surface area contributed by atoms with Crippen molar-refractivity contribution in [2.75, 3.05) is 12.3 Å². The van der Waals surface area contributed by atoms with Crippen molar-refractivity contribution in [1.29, 1.82) is 0 Å². The third-order valence-electron chi connectivity index (χ3n) is 3.06. The topological polar surface area (TPSA) is 58.2 Å². The Morgan fingerprint density at radius 3 is 2.69 bits per heavy atom. The number of sulfonamides is 1. The molecule has 0 bridgehead atoms. The van der Waals surface area contributed by atoms with Gasteiger partial charge in [-0.2, -0.15) is 0 Å². The summed E-state index contributed by atoms with van der Waals surface area (Å²) in [5.41, 5.74) is 0. The van der Waals surface area contributed by atoms with Crippen LogP contribution in [0.1, 0.15) is 40.0 Å². The van der Waals surface area contributed by atoms with Gasteiger partial charge in [0.15, 0.2) is 0 Å². The fraction of sp³-hybridized carbons (Fsp3) is 1.00. The summed E-state index contributed by atoms with van der Waals surface area (Å²) < 4.78 is 26.4. The number of nitrogens with one attached hydrogen (secondary N) is 2. The maximum absolute atomic E-state index is 11.8. The number of piperidine rings is 1. The lowest BCUT2D eigenvalue weighted by Crippen LogP contribution is -2.52. The summed E-state index contributed by atoms with van der Waals surface area (Å²) in [4.78, 5) is 0. The highest BCUT2D eigenvalue weighted by Gasteiger charge is 2.25. The molecule has 1 rings (SSSR count). The second kappa shape index (κ2) is 5.98. The molecule has 1 saturated heterocycles. The van der Waals surface area contributed by atoms with E-state index in [0.717, 1.165) is 25.8 Å². The molecule has 5 heteroatoms. The first kappa shape index (κ1) is 13.9. The van der Waals surface area contributed by atoms with Crippen LogP contribution in [0.25, 0.3) is 0 Å². The molecule has 1 aliphatic heterocycles. The largest absolute Gasteiger partial charge is 0.313 e. The van der Waals surface area contributed by atoms with Crippen LogP contribution in [0.3, 0.4) is 0 Å². The molecule has 2 N–H and O–H groups in total. The monoisotopic (exact) mass is 248 g/mol. The molecule has 0 aromatic rings. The van der Waals surface area contributed by atoms with E-state index in [1.807, 2.05) is 20.8 Å². The Morgan fingerprint density at radius 1 is 1.44 bits per heavy atom. The van der Waals surface area contributed by atoms with Crippen LogP contribution in [0.5, 0.6) is 0 Å². The zero-order chi connectivity index (χ0) is 12.2. The standard InChI is InChI=1S/C11H24N2O2S/c1-9(2)6-8-16(14,15)13-11-5-4-7-12-10(11)3/h9-13H,4-8H2,1-3H3. The van der Waals surface area contributed by atoms with Gasteiger partial charge >= 0.3 is 0 Å². The van der Waals surface area contributed by atoms with Crippen molar-refractivity contribution < 1.29 is 8.42 Å². The van der Waals surface area contributed by atoms with Crippen LogP contribution in [-0.4, -0.2) is 32.8 Å². The maximum atomic E-state index is 11.8. The molecule has 0 spiro atoms. The van der Waals surface area contributed by atoms with Gasteiger partial charge in [-0.25, -0.2) is 13.1 Å². The van der Waals surface area contributed by atoms with Crippen molar-refractivity contribution in [3.63, 3.8) is 0 Å². The molecule has 2 atom stereocenters. The molecule has 1 fully saturated rings. The van der Waals surface area contributed by atoms with Gasteiger partial charge in [-0.15, -0.1) is 0 Å². The minimum atomic E-state index is -3.10. The lowest BCUT2D eigenvalue weighted by Gasteiger charge is -2.30. The Kier molecular flexibility index (Phi) is 5.21. The lowest BCUT2D eigenvalue weighted by atomic mass is 10.0. The summed E-state index contributed by atoms with van der Waals surface area (Å²) in [6.07, 6.45) is 2.71. The zero-order valence-corrected chi connectivity index (χ0v) is 11.3. The van der Waals surface area contributed by atoms with Crippen LogP contribution < -0.4 is 10.0 Å². The van der Waals surface area contributed by atoms with E-state index in [2.05, 4.69) is 10.0 Å². The molecule has 2 unspecified atom stereocenters. The van der Waals surface area contributed by atoms with Gasteiger partial charge in [0.25, 0.3) is 0 Å². The first-order chi connectivity index (χ1) is 7.41. The van der Waals surface area contributed by atoms with E-state index < -0.39 is 10.0 Å². The average molecular weight is 248 g/mol. The highest BCUT2D eigenvalue weighted by molar-refractivity contribution is 7.89. The number of hydrogen-bond acceptors (Lipinski definition) is 3. The summed E-state index contributed by atoms with van der Waals surface area (Å²) in [7, 11) is -3.10. The molecule has 0 aliphatic carbocycles. The normalized spacial score (nSPS) is 27.2. The predicted octanol–water partition coefficient (Wildman–Crippen LogP) is 1.09. The van der Waals surface area contributed by atoms with Crippen molar-refractivity contribution in [3.05, 3.63) is 0 Å². The molecule has 0 saturated carbocycles. The third-order valence-corrected chi connectivity index (χ3v) is 4.49. The Bertz CT molecular complexity index is 301. The molecule has 4 nitrogen and oxygen atoms in total. The minimum Gasteiger partial charge on any atom is -0.313 e. The minimum absolute atomic E-state index is 0.0610. The SMILES string of the molecule is CC(C)CCS(=O)(=O)NC1CCCNC1C. The molecule has 0 amide bonds. The molecule has 0 aromatic carbocycles. The molecule has 16 heavy (non-hydrogen) atoms. The zero-order valence-electron chi connectivity index (χ0n) is 10.5. The van der Waals surface area contributed by atoms with Crippen LogP contribution in [0.4, 0.5) is 0 Å². The van der Waals surface area contributed by atoms with Gasteiger partial charge in [0, 0.05) is 12.1 Å². The van der Waals surface area contributed by atoms with E-state index in [4.69, 9.17) is 0 Å². The average Bonchev–Trinajstić information content (AvgIpc) is 2.19. The van der Waals surface area contributed by atoms with Gasteiger partial charge in [-0.1, -0.05) is 13.8 Å². The van der Waals surface area contributed by atoms with Gasteiger partial charge in [-0.05, 0) is 38.6 Å². The van der Waals surface area contributed by atoms with Gasteiger partial charge < -0.3 is 5.32 Å². The van der Waals surface area contributed by atoms with Crippen molar-refractivity contribution in [1.82, 2.24) is 10.0 Å². The van der Waals surface area contributed by atoms with E-state index >= 15 is 0 Å². The third kappa shape index (κ3) is 4.80. The Hall–Kier alpha value is -0.130. The molecular formula is C11H24N2O2S. The summed E-state index contributed by atoms with van der Waals surface area (Å²) in [5, 5.41) is 3.29. The van der Waals surface area contributed by atoms with Gasteiger partial charge in [0.05, 0.1) is 5.75 Å². The van der Waals surface area contributed by atoms with E-state index in [-0.39, 0.29) is 17.8 Å². The van der Waals surface area contributed by atoms with Crippen LogP contribution in [0, 0.1) is 5.92 Å². The van der Waals surface area contributed by atoms with E-state index in [0.29, 0.717) is 5.92 Å². The first-order valence-electron chi connectivity index (χ1n) is 6.14. The van der Waals surface area contributed by atoms with Gasteiger partial charge in [-0.3, -0.25) is 0 Å². The number of hydrogen-bond donors (Lipinski definition) is 2. The first-order valence-corrected chi connectivity index (χ1v) is 7.79. The van der Waals surface area contributed by atoms with Gasteiger partial charge in [0.1, 0.15) is 0 Å². The van der Waals surface area contributed by atoms with Crippen molar-refractivity contribution in [2.24, 2.45) is 5.92 Å². The lowest BCUT2D eigenvalue weighted by molar-refractivity contribution is 0.348. The van der Waals surface area contributed by atoms with E-state index in [1.165, 1.54) is 0 Å². The predicted molar refractivity (Wildman–Crippen MR) is 66.9 cm³/mol. The van der Waals surface area contributed by atoms with Crippen LogP contribution in [0.2, 0.25) is 0 Å². The van der Waals surface area contributed by atoms with Crippen LogP contribution in [-0.2, 0) is 10.0 Å². The second-order valence-electron chi connectivity index (χ2n) is 5.11. The van der Waals surface area contributed by atoms with Crippen molar-refractivity contribution in [2.45, 2.75) is 52.1 Å². The van der Waals surface area contributed by atoms with Gasteiger partial charge in [0.2, 0.25) is 10.0 Å². The molecule has 96 valence electrons. The number of rotatable bonds is 5. The van der Waals surface area contributed by atoms with Crippen LogP contribution in [0.15, 0.2) is 0 Å². The molecule has 1 heterocycles. The Balaban J connectivity index is 2.44. The summed E-state index contributed by atoms with van der Waals surface area (Å²) >= 11 is 0. The molecule has 1 aliphatic rings.